The van der Waals surface area contributed by atoms with E-state index in [1.807, 2.05) is 27.0 Å². The number of sulfonamides is 1. The Hall–Kier alpha value is -2.24. The van der Waals surface area contributed by atoms with E-state index in [4.69, 9.17) is 10.9 Å². The highest BCUT2D eigenvalue weighted by Gasteiger charge is 2.44. The van der Waals surface area contributed by atoms with Gasteiger partial charge in [-0.2, -0.15) is 5.10 Å². The van der Waals surface area contributed by atoms with Gasteiger partial charge in [0.05, 0.1) is 35.5 Å². The summed E-state index contributed by atoms with van der Waals surface area (Å²) in [6, 6.07) is 3.37. The third-order valence-corrected chi connectivity index (χ3v) is 6.36. The molecule has 2 atom stereocenters. The molecule has 0 aliphatic carbocycles. The zero-order valence-corrected chi connectivity index (χ0v) is 18.8. The number of nitrogens with one attached hydrogen (secondary N) is 2. The van der Waals surface area contributed by atoms with Crippen LogP contribution >= 0.6 is 0 Å². The first-order chi connectivity index (χ1) is 13.6. The molecule has 1 aliphatic heterocycles. The Morgan fingerprint density at radius 3 is 2.57 bits per heavy atom. The fraction of sp³-hybridized carbons (Fsp3) is 0.450. The number of hydrogen-bond donors (Lipinski definition) is 5. The van der Waals surface area contributed by atoms with Gasteiger partial charge >= 0.3 is 0 Å². The highest BCUT2D eigenvalue weighted by atomic mass is 32.2. The number of nitrogens with zero attached hydrogens (tertiary/aromatic N) is 2. The Balaban J connectivity index is 2.27. The minimum absolute atomic E-state index is 0.00821. The molecule has 0 spiro atoms. The Morgan fingerprint density at radius 2 is 2.03 bits per heavy atom. The van der Waals surface area contributed by atoms with Gasteiger partial charge in [-0.3, -0.25) is 9.58 Å². The predicted molar refractivity (Wildman–Crippen MR) is 117 cm³/mol. The molecule has 0 saturated heterocycles. The molecule has 2 unspecified atom stereocenters. The summed E-state index contributed by atoms with van der Waals surface area (Å²) in [5, 5.41) is 25.9. The number of primary sulfonamides is 1. The van der Waals surface area contributed by atoms with E-state index in [-0.39, 0.29) is 9.38 Å². The van der Waals surface area contributed by atoms with Crippen molar-refractivity contribution in [3.8, 4) is 0 Å². The van der Waals surface area contributed by atoms with Gasteiger partial charge in [0.25, 0.3) is 0 Å². The predicted octanol–water partition coefficient (Wildman–Crippen LogP) is 0.893. The molecular weight excluding hydrogens is 404 g/mol. The van der Waals surface area contributed by atoms with Crippen LogP contribution in [0, 0.1) is 6.92 Å². The summed E-state index contributed by atoms with van der Waals surface area (Å²) in [6.07, 6.45) is 5.51. The van der Waals surface area contributed by atoms with Crippen LogP contribution in [0.1, 0.15) is 37.5 Å². The topological polar surface area (TPSA) is 147 Å². The van der Waals surface area contributed by atoms with Crippen LogP contribution in [0.4, 0.5) is 5.69 Å². The quantitative estimate of drug-likeness (QED) is 0.441. The maximum Gasteiger partial charge on any atom is 0.238 e. The Kier molecular flexibility index (Phi) is 5.37. The SMILES string of the molecule is Cc1cc(C2=CNC(C)(N)C[N+]2(C)c2cn[nH]c2)c(S(N)(=O)=O)cc1CC(C)(C)O. The smallest absolute Gasteiger partial charge is 0.238 e. The molecule has 10 heteroatoms. The van der Waals surface area contributed by atoms with Gasteiger partial charge in [-0.15, -0.1) is 0 Å². The number of aliphatic hydroxyl groups is 1. The lowest BCUT2D eigenvalue weighted by Crippen LogP contribution is -2.65. The Bertz CT molecular complexity index is 1080. The summed E-state index contributed by atoms with van der Waals surface area (Å²) in [5.41, 5.74) is 8.27. The molecule has 2 heterocycles. The summed E-state index contributed by atoms with van der Waals surface area (Å²) in [7, 11) is -2.09. The van der Waals surface area contributed by atoms with Crippen molar-refractivity contribution >= 4 is 21.4 Å². The number of nitrogens with two attached hydrogens (primary N) is 2. The van der Waals surface area contributed by atoms with E-state index in [1.54, 1.807) is 38.5 Å². The average Bonchev–Trinajstić information content (AvgIpc) is 3.09. The summed E-state index contributed by atoms with van der Waals surface area (Å²) >= 11 is 0. The molecule has 30 heavy (non-hydrogen) atoms. The maximum atomic E-state index is 12.6. The van der Waals surface area contributed by atoms with Crippen molar-refractivity contribution in [1.29, 1.82) is 0 Å². The molecule has 0 radical (unpaired) electrons. The van der Waals surface area contributed by atoms with E-state index in [1.165, 1.54) is 0 Å². The lowest BCUT2D eigenvalue weighted by Gasteiger charge is -2.44. The minimum atomic E-state index is -4.04. The second-order valence-electron chi connectivity index (χ2n) is 9.21. The van der Waals surface area contributed by atoms with Crippen molar-refractivity contribution in [3.63, 3.8) is 0 Å². The number of benzene rings is 1. The zero-order chi connectivity index (χ0) is 22.5. The Labute approximate surface area is 177 Å². The van der Waals surface area contributed by atoms with Crippen LogP contribution in [0.3, 0.4) is 0 Å². The molecule has 0 bridgehead atoms. The average molecular weight is 436 g/mol. The molecule has 3 rings (SSSR count). The summed E-state index contributed by atoms with van der Waals surface area (Å²) < 4.78 is 25.4. The van der Waals surface area contributed by atoms with E-state index in [0.717, 1.165) is 16.8 Å². The van der Waals surface area contributed by atoms with Crippen molar-refractivity contribution in [2.75, 3.05) is 13.6 Å². The van der Waals surface area contributed by atoms with E-state index in [9.17, 15) is 13.5 Å². The molecule has 164 valence electrons. The van der Waals surface area contributed by atoms with Crippen LogP contribution in [0.5, 0.6) is 0 Å². The molecular formula is C20H31N6O3S+. The number of rotatable bonds is 5. The minimum Gasteiger partial charge on any atom is -0.390 e. The van der Waals surface area contributed by atoms with Gasteiger partial charge in [-0.05, 0) is 51.0 Å². The van der Waals surface area contributed by atoms with E-state index in [2.05, 4.69) is 15.5 Å². The fourth-order valence-electron chi connectivity index (χ4n) is 4.07. The molecule has 0 fully saturated rings. The first-order valence-corrected chi connectivity index (χ1v) is 11.2. The number of aromatic amines is 1. The van der Waals surface area contributed by atoms with E-state index >= 15 is 0 Å². The van der Waals surface area contributed by atoms with Crippen LogP contribution in [0.2, 0.25) is 0 Å². The highest BCUT2D eigenvalue weighted by molar-refractivity contribution is 7.89. The largest absolute Gasteiger partial charge is 0.390 e. The van der Waals surface area contributed by atoms with Gasteiger partial charge in [-0.1, -0.05) is 0 Å². The lowest BCUT2D eigenvalue weighted by atomic mass is 9.92. The van der Waals surface area contributed by atoms with Gasteiger partial charge in [0.2, 0.25) is 10.0 Å². The van der Waals surface area contributed by atoms with Gasteiger partial charge in [0.1, 0.15) is 18.4 Å². The maximum absolute atomic E-state index is 12.6. The number of H-pyrrole nitrogens is 1. The number of aromatic nitrogens is 2. The molecule has 1 aliphatic rings. The number of likely N-dealkylation sites (N-methyl/N-ethyl adjacent to an activating group) is 1. The third-order valence-electron chi connectivity index (χ3n) is 5.41. The molecule has 9 nitrogen and oxygen atoms in total. The lowest BCUT2D eigenvalue weighted by molar-refractivity contribution is 0.0807. The van der Waals surface area contributed by atoms with Gasteiger partial charge in [0, 0.05) is 6.42 Å². The molecule has 1 aromatic carbocycles. The summed E-state index contributed by atoms with van der Waals surface area (Å²) in [5.74, 6) is 0. The normalized spacial score (nSPS) is 25.0. The zero-order valence-electron chi connectivity index (χ0n) is 18.0. The Morgan fingerprint density at radius 1 is 1.37 bits per heavy atom. The van der Waals surface area contributed by atoms with Crippen molar-refractivity contribution in [1.82, 2.24) is 20.0 Å². The van der Waals surface area contributed by atoms with Crippen LogP contribution < -0.4 is 20.7 Å². The highest BCUT2D eigenvalue weighted by Crippen LogP contribution is 2.39. The van der Waals surface area contributed by atoms with Crippen LogP contribution in [0.25, 0.3) is 5.70 Å². The van der Waals surface area contributed by atoms with Crippen molar-refractivity contribution < 1.29 is 13.5 Å². The monoisotopic (exact) mass is 435 g/mol. The van der Waals surface area contributed by atoms with Crippen LogP contribution in [0.15, 0.2) is 35.6 Å². The van der Waals surface area contributed by atoms with Crippen LogP contribution in [-0.4, -0.2) is 48.6 Å². The molecule has 7 N–H and O–H groups in total. The van der Waals surface area contributed by atoms with Crippen LogP contribution in [-0.2, 0) is 16.4 Å². The summed E-state index contributed by atoms with van der Waals surface area (Å²) in [4.78, 5) is 0.00821. The van der Waals surface area contributed by atoms with E-state index < -0.39 is 21.3 Å². The van der Waals surface area contributed by atoms with Crippen molar-refractivity contribution in [2.24, 2.45) is 10.9 Å². The standard InChI is InChI=1S/C20H31N6O3S/c1-13-6-16(18(30(22,28)29)7-14(13)8-19(2,3)27)17-11-23-20(4,21)12-26(17,5)15-9-24-25-10-15/h6-7,9-11,23,27H,8,12,21H2,1-5H3,(H,24,25)(H2,22,28,29)/q+1. The van der Waals surface area contributed by atoms with Gasteiger partial charge < -0.3 is 16.2 Å². The summed E-state index contributed by atoms with van der Waals surface area (Å²) in [6.45, 7) is 7.57. The second kappa shape index (κ2) is 7.17. The van der Waals surface area contributed by atoms with Crippen molar-refractivity contribution in [2.45, 2.75) is 50.3 Å². The van der Waals surface area contributed by atoms with E-state index in [0.29, 0.717) is 24.2 Å². The first-order valence-electron chi connectivity index (χ1n) is 9.64. The molecule has 1 aromatic heterocycles. The van der Waals surface area contributed by atoms with Gasteiger partial charge in [-0.25, -0.2) is 13.6 Å². The first kappa shape index (κ1) is 22.4. The number of hydrogen-bond acceptors (Lipinski definition) is 6. The van der Waals surface area contributed by atoms with Crippen molar-refractivity contribution in [3.05, 3.63) is 47.4 Å². The third kappa shape index (κ3) is 4.42. The molecule has 0 amide bonds. The number of quaternary nitrogens is 1. The molecule has 2 aromatic rings. The van der Waals surface area contributed by atoms with Gasteiger partial charge in [0.15, 0.2) is 11.4 Å². The second-order valence-corrected chi connectivity index (χ2v) is 10.7. The fourth-order valence-corrected chi connectivity index (χ4v) is 4.85. The molecule has 0 saturated carbocycles. The number of aryl methyl sites for hydroxylation is 1.